The maximum absolute atomic E-state index is 14.5. The molecule has 2 aromatic heterocycles. The minimum absolute atomic E-state index is 0.115. The molecule has 4 aromatic rings. The van der Waals surface area contributed by atoms with Crippen LogP contribution >= 0.6 is 0 Å². The Balaban J connectivity index is 1.74. The van der Waals surface area contributed by atoms with Gasteiger partial charge in [-0.05, 0) is 89.9 Å². The van der Waals surface area contributed by atoms with E-state index in [1.54, 1.807) is 58.2 Å². The number of likely N-dealkylation sites (N-methyl/N-ethyl adjacent to an activating group) is 1. The van der Waals surface area contributed by atoms with E-state index < -0.39 is 45.1 Å². The number of nitrogens with zero attached hydrogens (tertiary/aromatic N) is 6. The summed E-state index contributed by atoms with van der Waals surface area (Å²) in [6.45, 7) is 9.97. The Kier molecular flexibility index (Phi) is 10.5. The summed E-state index contributed by atoms with van der Waals surface area (Å²) < 4.78 is 61.4. The van der Waals surface area contributed by atoms with E-state index in [1.807, 2.05) is 11.9 Å². The zero-order valence-corrected chi connectivity index (χ0v) is 30.5. The lowest BCUT2D eigenvalue weighted by Crippen LogP contribution is -2.48. The fraction of sp³-hybridized carbons (Fsp3) is 0.417. The van der Waals surface area contributed by atoms with Gasteiger partial charge >= 0.3 is 16.3 Å². The van der Waals surface area contributed by atoms with Crippen LogP contribution in [0.2, 0.25) is 0 Å². The third kappa shape index (κ3) is 8.65. The number of hydrogen-bond acceptors (Lipinski definition) is 7. The van der Waals surface area contributed by atoms with Gasteiger partial charge in [0.05, 0.1) is 17.3 Å². The van der Waals surface area contributed by atoms with Crippen molar-refractivity contribution in [2.75, 3.05) is 37.9 Å². The molecule has 12 nitrogen and oxygen atoms in total. The topological polar surface area (TPSA) is 144 Å². The zero-order valence-electron chi connectivity index (χ0n) is 29.7. The minimum atomic E-state index is -3.94. The quantitative estimate of drug-likeness (QED) is 0.216. The van der Waals surface area contributed by atoms with Crippen LogP contribution in [0.4, 0.5) is 19.4 Å². The maximum Gasteiger partial charge on any atom is 0.408 e. The molecule has 0 radical (unpaired) electrons. The van der Waals surface area contributed by atoms with Crippen molar-refractivity contribution in [2.45, 2.75) is 58.2 Å². The number of carbonyl (C=O) groups is 1. The number of hydrogen-bond donors (Lipinski definition) is 3. The van der Waals surface area contributed by atoms with Crippen LogP contribution in [-0.2, 0) is 23.7 Å². The van der Waals surface area contributed by atoms with Crippen molar-refractivity contribution in [3.63, 3.8) is 0 Å². The van der Waals surface area contributed by atoms with Gasteiger partial charge < -0.3 is 15.1 Å². The van der Waals surface area contributed by atoms with Crippen molar-refractivity contribution < 1.29 is 32.2 Å². The van der Waals surface area contributed by atoms with Crippen molar-refractivity contribution in [2.24, 2.45) is 7.05 Å². The van der Waals surface area contributed by atoms with Crippen LogP contribution < -0.4 is 4.72 Å². The number of aryl methyl sites for hydroxylation is 1. The first-order chi connectivity index (χ1) is 23.7. The Morgan fingerprint density at radius 2 is 1.65 bits per heavy atom. The number of halogens is 2. The Bertz CT molecular complexity index is 2100. The molecule has 1 fully saturated rings. The van der Waals surface area contributed by atoms with E-state index in [4.69, 9.17) is 4.98 Å². The summed E-state index contributed by atoms with van der Waals surface area (Å²) in [5, 5.41) is 26.0. The van der Waals surface area contributed by atoms with E-state index in [9.17, 15) is 32.2 Å². The lowest BCUT2D eigenvalue weighted by Gasteiger charge is -2.40. The first-order valence-corrected chi connectivity index (χ1v) is 17.8. The number of para-hydroxylation sites is 1. The molecule has 1 saturated heterocycles. The Morgan fingerprint density at radius 1 is 1.00 bits per heavy atom. The molecule has 1 aliphatic rings. The number of nitrogens with one attached hydrogen (secondary N) is 1. The van der Waals surface area contributed by atoms with Gasteiger partial charge in [0, 0.05) is 61.3 Å². The third-order valence-corrected chi connectivity index (χ3v) is 10.0. The number of pyridine rings is 1. The number of rotatable bonds is 8. The standard InChI is InChI=1S/C36H43F2N7O5S/c1-35(2,3)45(34(46)47)30(21-23-19-24(37)22-25(38)20-23)31-27(12-11-26(39-31)13-14-36(4,5)48)28-9-8-10-29-32(28)43(7)40-33(29)41-51(49,50)44-17-15-42(6)16-18-44/h8-12,19-20,22,30,48H,15-18,21H2,1-7H3,(H,40,41)(H,46,47)/t30-/m0/s1. The highest BCUT2D eigenvalue weighted by Gasteiger charge is 2.37. The second kappa shape index (κ2) is 14.2. The number of fused-ring (bicyclic) bond motifs is 1. The number of amides is 1. The van der Waals surface area contributed by atoms with Crippen molar-refractivity contribution in [1.82, 2.24) is 28.9 Å². The van der Waals surface area contributed by atoms with Crippen LogP contribution in [0, 0.1) is 23.5 Å². The molecule has 0 unspecified atom stereocenters. The maximum atomic E-state index is 14.5. The fourth-order valence-electron chi connectivity index (χ4n) is 6.24. The molecule has 1 atom stereocenters. The monoisotopic (exact) mass is 723 g/mol. The van der Waals surface area contributed by atoms with Gasteiger partial charge in [-0.3, -0.25) is 14.3 Å². The number of piperazine rings is 1. The van der Waals surface area contributed by atoms with E-state index in [2.05, 4.69) is 21.7 Å². The summed E-state index contributed by atoms with van der Waals surface area (Å²) >= 11 is 0. The van der Waals surface area contributed by atoms with Crippen LogP contribution in [0.5, 0.6) is 0 Å². The van der Waals surface area contributed by atoms with Crippen molar-refractivity contribution in [3.05, 3.63) is 77.1 Å². The van der Waals surface area contributed by atoms with Crippen LogP contribution in [0.15, 0.2) is 48.5 Å². The molecule has 1 aliphatic heterocycles. The predicted octanol–water partition coefficient (Wildman–Crippen LogP) is 5.00. The lowest BCUT2D eigenvalue weighted by atomic mass is 9.90. The molecular weight excluding hydrogens is 681 g/mol. The molecule has 3 heterocycles. The SMILES string of the molecule is CN1CCN(S(=O)(=O)Nc2nn(C)c3c(-c4ccc(C#CC(C)(C)O)nc4[C@H](Cc4cc(F)cc(F)c4)N(C(=O)O)C(C)(C)C)cccc23)CC1. The highest BCUT2D eigenvalue weighted by Crippen LogP contribution is 2.40. The predicted molar refractivity (Wildman–Crippen MR) is 191 cm³/mol. The van der Waals surface area contributed by atoms with E-state index in [-0.39, 0.29) is 29.2 Å². The smallest absolute Gasteiger partial charge is 0.408 e. The van der Waals surface area contributed by atoms with E-state index in [0.717, 1.165) is 18.2 Å². The third-order valence-electron chi connectivity index (χ3n) is 8.51. The number of aliphatic hydroxyl groups is 1. The van der Waals surface area contributed by atoms with Gasteiger partial charge in [0.1, 0.15) is 22.9 Å². The normalized spacial score (nSPS) is 15.3. The van der Waals surface area contributed by atoms with Gasteiger partial charge in [0.15, 0.2) is 5.82 Å². The zero-order chi connectivity index (χ0) is 37.5. The van der Waals surface area contributed by atoms with Crippen LogP contribution in [0.3, 0.4) is 0 Å². The molecule has 0 saturated carbocycles. The molecule has 5 rings (SSSR count). The summed E-state index contributed by atoms with van der Waals surface area (Å²) in [7, 11) is -0.343. The number of carboxylic acid groups (broad SMARTS) is 1. The lowest BCUT2D eigenvalue weighted by molar-refractivity contribution is 0.0684. The summed E-state index contributed by atoms with van der Waals surface area (Å²) in [4.78, 5) is 21.1. The number of anilines is 1. The van der Waals surface area contributed by atoms with Crippen molar-refractivity contribution in [3.8, 4) is 23.0 Å². The summed E-state index contributed by atoms with van der Waals surface area (Å²) in [6, 6.07) is 10.5. The first kappa shape index (κ1) is 37.6. The molecule has 0 aliphatic carbocycles. The van der Waals surface area contributed by atoms with E-state index in [1.165, 1.54) is 27.7 Å². The van der Waals surface area contributed by atoms with Crippen LogP contribution in [0.25, 0.3) is 22.0 Å². The van der Waals surface area contributed by atoms with Crippen LogP contribution in [-0.4, -0.2) is 98.0 Å². The Morgan fingerprint density at radius 3 is 2.24 bits per heavy atom. The highest BCUT2D eigenvalue weighted by molar-refractivity contribution is 7.90. The van der Waals surface area contributed by atoms with E-state index in [0.29, 0.717) is 48.2 Å². The average Bonchev–Trinajstić information content (AvgIpc) is 3.32. The van der Waals surface area contributed by atoms with Crippen molar-refractivity contribution in [1.29, 1.82) is 0 Å². The average molecular weight is 724 g/mol. The fourth-order valence-corrected chi connectivity index (χ4v) is 7.41. The minimum Gasteiger partial charge on any atom is -0.465 e. The van der Waals surface area contributed by atoms with Gasteiger partial charge in [-0.1, -0.05) is 18.1 Å². The van der Waals surface area contributed by atoms with Gasteiger partial charge in [0.2, 0.25) is 0 Å². The molecule has 272 valence electrons. The summed E-state index contributed by atoms with van der Waals surface area (Å²) in [5.74, 6) is 4.08. The van der Waals surface area contributed by atoms with Gasteiger partial charge in [-0.25, -0.2) is 18.6 Å². The Labute approximate surface area is 296 Å². The van der Waals surface area contributed by atoms with Crippen molar-refractivity contribution >= 4 is 33.0 Å². The second-order valence-corrected chi connectivity index (χ2v) is 15.9. The van der Waals surface area contributed by atoms with Gasteiger partial charge in [-0.15, -0.1) is 0 Å². The Hall–Kier alpha value is -4.62. The van der Waals surface area contributed by atoms with Crippen LogP contribution in [0.1, 0.15) is 57.6 Å². The molecule has 0 bridgehead atoms. The van der Waals surface area contributed by atoms with E-state index >= 15 is 0 Å². The molecule has 0 spiro atoms. The van der Waals surface area contributed by atoms with Gasteiger partial charge in [0.25, 0.3) is 0 Å². The first-order valence-electron chi connectivity index (χ1n) is 16.4. The molecule has 2 aromatic carbocycles. The van der Waals surface area contributed by atoms with Gasteiger partial charge in [-0.2, -0.15) is 17.8 Å². The highest BCUT2D eigenvalue weighted by atomic mass is 32.2. The molecule has 1 amide bonds. The second-order valence-electron chi connectivity index (χ2n) is 14.2. The number of benzene rings is 2. The molecule has 51 heavy (non-hydrogen) atoms. The molecule has 15 heteroatoms. The molecular formula is C36H43F2N7O5S. The summed E-state index contributed by atoms with van der Waals surface area (Å²) in [5.41, 5.74) is -0.172. The number of aromatic nitrogens is 3. The molecule has 3 N–H and O–H groups in total. The summed E-state index contributed by atoms with van der Waals surface area (Å²) in [6.07, 6.45) is -1.44. The largest absolute Gasteiger partial charge is 0.465 e.